The number of carbonyl (C=O) groups is 2. The SMILES string of the molecule is COC(=O)C1=C(C)NC(SCC(=O)Nc2cccc(Cl)c2)=C(C#N)[C@@H]1c1ccc(Cl)cc1. The summed E-state index contributed by atoms with van der Waals surface area (Å²) in [5.41, 5.74) is 2.50. The minimum atomic E-state index is -0.649. The molecule has 2 N–H and O–H groups in total. The maximum absolute atomic E-state index is 12.5. The highest BCUT2D eigenvalue weighted by Crippen LogP contribution is 2.41. The Morgan fingerprint density at radius 3 is 2.53 bits per heavy atom. The molecular formula is C23H19Cl2N3O3S. The van der Waals surface area contributed by atoms with Gasteiger partial charge in [0, 0.05) is 21.4 Å². The van der Waals surface area contributed by atoms with E-state index < -0.39 is 11.9 Å². The van der Waals surface area contributed by atoms with E-state index in [4.69, 9.17) is 27.9 Å². The molecule has 0 saturated heterocycles. The number of halogens is 2. The zero-order valence-electron chi connectivity index (χ0n) is 17.2. The molecule has 0 radical (unpaired) electrons. The predicted molar refractivity (Wildman–Crippen MR) is 127 cm³/mol. The lowest BCUT2D eigenvalue weighted by Gasteiger charge is -2.29. The lowest BCUT2D eigenvalue weighted by molar-refractivity contribution is -0.136. The molecule has 2 aromatic carbocycles. The number of nitrogens with one attached hydrogen (secondary N) is 2. The smallest absolute Gasteiger partial charge is 0.336 e. The topological polar surface area (TPSA) is 91.2 Å². The number of carbonyl (C=O) groups excluding carboxylic acids is 2. The van der Waals surface area contributed by atoms with Gasteiger partial charge in [-0.25, -0.2) is 4.79 Å². The van der Waals surface area contributed by atoms with Crippen molar-refractivity contribution in [3.63, 3.8) is 0 Å². The highest BCUT2D eigenvalue weighted by Gasteiger charge is 2.35. The van der Waals surface area contributed by atoms with Gasteiger partial charge in [0.05, 0.1) is 41.0 Å². The average molecular weight is 488 g/mol. The van der Waals surface area contributed by atoms with Crippen molar-refractivity contribution in [2.24, 2.45) is 0 Å². The molecule has 0 saturated carbocycles. The number of anilines is 1. The molecule has 1 amide bonds. The fourth-order valence-electron chi connectivity index (χ4n) is 3.30. The van der Waals surface area contributed by atoms with Crippen LogP contribution in [0.1, 0.15) is 18.4 Å². The van der Waals surface area contributed by atoms with Gasteiger partial charge in [-0.3, -0.25) is 4.79 Å². The van der Waals surface area contributed by atoms with Crippen molar-refractivity contribution in [3.8, 4) is 6.07 Å². The molecule has 6 nitrogen and oxygen atoms in total. The summed E-state index contributed by atoms with van der Waals surface area (Å²) in [6.45, 7) is 1.73. The number of esters is 1. The minimum absolute atomic E-state index is 0.0498. The van der Waals surface area contributed by atoms with Crippen molar-refractivity contribution in [3.05, 3.63) is 86.0 Å². The van der Waals surface area contributed by atoms with Crippen LogP contribution in [-0.4, -0.2) is 24.7 Å². The van der Waals surface area contributed by atoms with Gasteiger partial charge in [-0.1, -0.05) is 53.2 Å². The molecule has 1 atom stereocenters. The first-order valence-electron chi connectivity index (χ1n) is 9.48. The van der Waals surface area contributed by atoms with Crippen LogP contribution in [-0.2, 0) is 14.3 Å². The third-order valence-corrected chi connectivity index (χ3v) is 6.22. The normalized spacial score (nSPS) is 15.7. The Morgan fingerprint density at radius 2 is 1.91 bits per heavy atom. The van der Waals surface area contributed by atoms with Gasteiger partial charge in [-0.15, -0.1) is 0 Å². The molecule has 32 heavy (non-hydrogen) atoms. The van der Waals surface area contributed by atoms with E-state index in [0.29, 0.717) is 43.2 Å². The number of benzene rings is 2. The molecule has 164 valence electrons. The van der Waals surface area contributed by atoms with E-state index in [1.165, 1.54) is 18.9 Å². The number of allylic oxidation sites excluding steroid dienone is 2. The zero-order valence-corrected chi connectivity index (χ0v) is 19.6. The third kappa shape index (κ3) is 5.46. The number of dihydropyridines is 1. The Labute approximate surface area is 200 Å². The third-order valence-electron chi connectivity index (χ3n) is 4.71. The minimum Gasteiger partial charge on any atom is -0.466 e. The Bertz CT molecular complexity index is 1150. The fourth-order valence-corrected chi connectivity index (χ4v) is 4.50. The summed E-state index contributed by atoms with van der Waals surface area (Å²) in [5, 5.41) is 17.4. The van der Waals surface area contributed by atoms with Gasteiger partial charge < -0.3 is 15.4 Å². The molecule has 1 aliphatic heterocycles. The van der Waals surface area contributed by atoms with Crippen molar-refractivity contribution in [2.45, 2.75) is 12.8 Å². The Balaban J connectivity index is 1.89. The quantitative estimate of drug-likeness (QED) is 0.541. The van der Waals surface area contributed by atoms with E-state index in [0.717, 1.165) is 0 Å². The number of methoxy groups -OCH3 is 1. The Hall–Kier alpha value is -2.92. The molecule has 1 heterocycles. The highest BCUT2D eigenvalue weighted by molar-refractivity contribution is 8.03. The lowest BCUT2D eigenvalue weighted by atomic mass is 9.82. The Kier molecular flexibility index (Phi) is 7.86. The number of nitriles is 1. The average Bonchev–Trinajstić information content (AvgIpc) is 2.77. The first-order chi connectivity index (χ1) is 15.3. The summed E-state index contributed by atoms with van der Waals surface area (Å²) in [5.74, 6) is -1.39. The van der Waals surface area contributed by atoms with Gasteiger partial charge in [0.15, 0.2) is 0 Å². The summed E-state index contributed by atoms with van der Waals surface area (Å²) in [7, 11) is 1.29. The number of rotatable bonds is 6. The van der Waals surface area contributed by atoms with Gasteiger partial charge in [-0.05, 0) is 42.8 Å². The summed E-state index contributed by atoms with van der Waals surface area (Å²) >= 11 is 13.1. The number of amides is 1. The van der Waals surface area contributed by atoms with Gasteiger partial charge in [-0.2, -0.15) is 5.26 Å². The highest BCUT2D eigenvalue weighted by atomic mass is 35.5. The van der Waals surface area contributed by atoms with Gasteiger partial charge in [0.2, 0.25) is 5.91 Å². The number of nitrogens with zero attached hydrogens (tertiary/aromatic N) is 1. The summed E-state index contributed by atoms with van der Waals surface area (Å²) in [6, 6.07) is 16.0. The molecule has 3 rings (SSSR count). The van der Waals surface area contributed by atoms with Crippen LogP contribution < -0.4 is 10.6 Å². The second-order valence-corrected chi connectivity index (χ2v) is 8.70. The van der Waals surface area contributed by atoms with Crippen molar-refractivity contribution in [1.82, 2.24) is 5.32 Å². The van der Waals surface area contributed by atoms with Crippen LogP contribution in [0.15, 0.2) is 70.4 Å². The maximum Gasteiger partial charge on any atom is 0.336 e. The van der Waals surface area contributed by atoms with Crippen molar-refractivity contribution in [1.29, 1.82) is 5.26 Å². The van der Waals surface area contributed by atoms with Crippen LogP contribution in [0.2, 0.25) is 10.0 Å². The monoisotopic (exact) mass is 487 g/mol. The molecule has 0 aromatic heterocycles. The first-order valence-corrected chi connectivity index (χ1v) is 11.2. The second-order valence-electron chi connectivity index (χ2n) is 6.84. The van der Waals surface area contributed by atoms with Crippen LogP contribution in [0.3, 0.4) is 0 Å². The predicted octanol–water partition coefficient (Wildman–Crippen LogP) is 5.23. The number of ether oxygens (including phenoxy) is 1. The number of hydrogen-bond acceptors (Lipinski definition) is 6. The van der Waals surface area contributed by atoms with E-state index in [1.54, 1.807) is 55.5 Å². The standard InChI is InChI=1S/C23H19Cl2N3O3S/c1-13-20(23(30)31-2)21(14-6-8-15(24)9-7-14)18(11-26)22(27-13)32-12-19(29)28-17-5-3-4-16(25)10-17/h3-10,21,27H,12H2,1-2H3,(H,28,29)/t21-/m0/s1. The molecule has 0 fully saturated rings. The lowest BCUT2D eigenvalue weighted by Crippen LogP contribution is -2.29. The molecule has 0 spiro atoms. The first kappa shape index (κ1) is 23.7. The van der Waals surface area contributed by atoms with Gasteiger partial charge >= 0.3 is 5.97 Å². The summed E-state index contributed by atoms with van der Waals surface area (Å²) in [4.78, 5) is 25.0. The number of thioether (sulfide) groups is 1. The van der Waals surface area contributed by atoms with Crippen LogP contribution >= 0.6 is 35.0 Å². The van der Waals surface area contributed by atoms with Crippen molar-refractivity contribution >= 4 is 52.5 Å². The molecule has 0 bridgehead atoms. The Morgan fingerprint density at radius 1 is 1.19 bits per heavy atom. The molecule has 0 aliphatic carbocycles. The summed E-state index contributed by atoms with van der Waals surface area (Å²) in [6.07, 6.45) is 0. The summed E-state index contributed by atoms with van der Waals surface area (Å²) < 4.78 is 4.96. The molecule has 1 aliphatic rings. The molecular weight excluding hydrogens is 469 g/mol. The van der Waals surface area contributed by atoms with Gasteiger partial charge in [0.1, 0.15) is 0 Å². The van der Waals surface area contributed by atoms with Crippen molar-refractivity contribution < 1.29 is 14.3 Å². The van der Waals surface area contributed by atoms with Crippen LogP contribution in [0.25, 0.3) is 0 Å². The molecule has 2 aromatic rings. The largest absolute Gasteiger partial charge is 0.466 e. The van der Waals surface area contributed by atoms with Gasteiger partial charge in [0.25, 0.3) is 0 Å². The maximum atomic E-state index is 12.5. The van der Waals surface area contributed by atoms with Crippen LogP contribution in [0.5, 0.6) is 0 Å². The van der Waals surface area contributed by atoms with E-state index in [2.05, 4.69) is 16.7 Å². The fraction of sp³-hybridized carbons (Fsp3) is 0.174. The van der Waals surface area contributed by atoms with E-state index >= 15 is 0 Å². The van der Waals surface area contributed by atoms with Crippen molar-refractivity contribution in [2.75, 3.05) is 18.2 Å². The molecule has 9 heteroatoms. The van der Waals surface area contributed by atoms with Crippen LogP contribution in [0.4, 0.5) is 5.69 Å². The van der Waals surface area contributed by atoms with E-state index in [9.17, 15) is 14.9 Å². The van der Waals surface area contributed by atoms with E-state index in [1.807, 2.05) is 0 Å². The van der Waals surface area contributed by atoms with E-state index in [-0.39, 0.29) is 11.7 Å². The van der Waals surface area contributed by atoms with Crippen LogP contribution in [0, 0.1) is 11.3 Å². The zero-order chi connectivity index (χ0) is 23.3. The second kappa shape index (κ2) is 10.6. The molecule has 0 unspecified atom stereocenters. The number of hydrogen-bond donors (Lipinski definition) is 2.